The lowest BCUT2D eigenvalue weighted by Gasteiger charge is -2.23. The molecule has 0 radical (unpaired) electrons. The van der Waals surface area contributed by atoms with Gasteiger partial charge in [0.2, 0.25) is 0 Å². The first kappa shape index (κ1) is 26.7. The highest BCUT2D eigenvalue weighted by Crippen LogP contribution is 2.35. The van der Waals surface area contributed by atoms with Crippen LogP contribution in [0.15, 0.2) is 71.9 Å². The van der Waals surface area contributed by atoms with Crippen molar-refractivity contribution in [1.82, 2.24) is 15.3 Å². The second kappa shape index (κ2) is 10.2. The minimum absolute atomic E-state index is 0.0399. The van der Waals surface area contributed by atoms with Crippen LogP contribution in [0.2, 0.25) is 0 Å². The molecule has 0 saturated carbocycles. The number of nitrogens with one attached hydrogen (secondary N) is 2. The first-order chi connectivity index (χ1) is 17.4. The Balaban J connectivity index is 1.72. The third-order valence-corrected chi connectivity index (χ3v) is 7.17. The van der Waals surface area contributed by atoms with Crippen molar-refractivity contribution >= 4 is 55.2 Å². The van der Waals surface area contributed by atoms with Crippen LogP contribution < -0.4 is 10.0 Å². The Bertz CT molecular complexity index is 1610. The van der Waals surface area contributed by atoms with Crippen LogP contribution in [0.4, 0.5) is 27.6 Å². The minimum atomic E-state index is -5.15. The van der Waals surface area contributed by atoms with Gasteiger partial charge in [0.05, 0.1) is 16.8 Å². The molecule has 14 heteroatoms. The molecule has 4 rings (SSSR count). The van der Waals surface area contributed by atoms with Crippen molar-refractivity contribution in [2.75, 3.05) is 4.72 Å². The van der Waals surface area contributed by atoms with Crippen LogP contribution in [0.1, 0.15) is 22.0 Å². The molecule has 0 bridgehead atoms. The molecular weight excluding hydrogens is 634 g/mol. The number of sulfonamides is 1. The van der Waals surface area contributed by atoms with E-state index >= 15 is 0 Å². The number of hydrogen-bond donors (Lipinski definition) is 2. The molecule has 37 heavy (non-hydrogen) atoms. The van der Waals surface area contributed by atoms with Gasteiger partial charge in [0, 0.05) is 27.6 Å². The number of benzene rings is 3. The van der Waals surface area contributed by atoms with Gasteiger partial charge in [-0.05, 0) is 59.0 Å². The highest BCUT2D eigenvalue weighted by Gasteiger charge is 2.43. The summed E-state index contributed by atoms with van der Waals surface area (Å²) in [5.41, 5.74) is -1.49. The Kier molecular flexibility index (Phi) is 7.32. The van der Waals surface area contributed by atoms with Crippen molar-refractivity contribution in [2.24, 2.45) is 0 Å². The molecule has 0 aliphatic heterocycles. The van der Waals surface area contributed by atoms with Crippen LogP contribution in [0.3, 0.4) is 0 Å². The number of hydrogen-bond acceptors (Lipinski definition) is 5. The lowest BCUT2D eigenvalue weighted by Crippen LogP contribution is -2.39. The van der Waals surface area contributed by atoms with Crippen molar-refractivity contribution < 1.29 is 35.2 Å². The Morgan fingerprint density at radius 2 is 1.70 bits per heavy atom. The number of halogens is 6. The first-order valence-corrected chi connectivity index (χ1v) is 12.8. The fourth-order valence-corrected chi connectivity index (χ4v) is 5.19. The number of aromatic nitrogens is 2. The van der Waals surface area contributed by atoms with Crippen LogP contribution in [-0.4, -0.2) is 30.5 Å². The second-order valence-electron chi connectivity index (χ2n) is 7.59. The molecule has 0 aliphatic rings. The third kappa shape index (κ3) is 5.79. The molecule has 3 aromatic carbocycles. The van der Waals surface area contributed by atoms with E-state index in [0.29, 0.717) is 15.7 Å². The second-order valence-corrected chi connectivity index (χ2v) is 10.5. The van der Waals surface area contributed by atoms with E-state index in [4.69, 9.17) is 0 Å². The van der Waals surface area contributed by atoms with Crippen molar-refractivity contribution in [2.45, 2.75) is 17.1 Å². The number of fused-ring (bicyclic) bond motifs is 1. The zero-order valence-electron chi connectivity index (χ0n) is 18.2. The van der Waals surface area contributed by atoms with Crippen LogP contribution >= 0.6 is 22.6 Å². The average molecular weight is 648 g/mol. The van der Waals surface area contributed by atoms with Gasteiger partial charge in [-0.2, -0.15) is 13.2 Å². The highest BCUT2D eigenvalue weighted by molar-refractivity contribution is 14.1. The summed E-state index contributed by atoms with van der Waals surface area (Å²) in [6.07, 6.45) is -2.49. The molecule has 0 spiro atoms. The summed E-state index contributed by atoms with van der Waals surface area (Å²) in [6, 6.07) is 6.58. The topological polar surface area (TPSA) is 101 Å². The summed E-state index contributed by atoms with van der Waals surface area (Å²) in [5, 5.41) is 1.68. The fourth-order valence-electron chi connectivity index (χ4n) is 3.46. The fraction of sp³-hybridized carbons (Fsp3) is 0.0870. The Labute approximate surface area is 220 Å². The van der Waals surface area contributed by atoms with E-state index in [0.717, 1.165) is 6.07 Å². The van der Waals surface area contributed by atoms with Gasteiger partial charge in [-0.3, -0.25) is 19.5 Å². The minimum Gasteiger partial charge on any atom is -0.337 e. The summed E-state index contributed by atoms with van der Waals surface area (Å²) in [6.45, 7) is 0. The molecule has 0 unspecified atom stereocenters. The Morgan fingerprint density at radius 3 is 2.41 bits per heavy atom. The van der Waals surface area contributed by atoms with Gasteiger partial charge < -0.3 is 5.32 Å². The summed E-state index contributed by atoms with van der Waals surface area (Å²) < 4.78 is 97.8. The first-order valence-electron chi connectivity index (χ1n) is 10.2. The molecule has 0 saturated heterocycles. The lowest BCUT2D eigenvalue weighted by atomic mass is 10.0. The molecule has 2 N–H and O–H groups in total. The molecule has 0 aliphatic carbocycles. The van der Waals surface area contributed by atoms with E-state index in [2.05, 4.69) is 14.7 Å². The van der Waals surface area contributed by atoms with Crippen molar-refractivity contribution in [1.29, 1.82) is 0 Å². The molecule has 192 valence electrons. The molecule has 1 aromatic heterocycles. The van der Waals surface area contributed by atoms with Gasteiger partial charge in [0.25, 0.3) is 15.9 Å². The Hall–Kier alpha value is -3.40. The van der Waals surface area contributed by atoms with E-state index in [-0.39, 0.29) is 27.7 Å². The normalized spacial score (nSPS) is 12.8. The predicted octanol–water partition coefficient (Wildman–Crippen LogP) is 5.35. The molecule has 7 nitrogen and oxygen atoms in total. The maximum absolute atomic E-state index is 14.2. The van der Waals surface area contributed by atoms with Crippen molar-refractivity contribution in [3.63, 3.8) is 0 Å². The van der Waals surface area contributed by atoms with Crippen molar-refractivity contribution in [3.8, 4) is 0 Å². The van der Waals surface area contributed by atoms with E-state index in [1.807, 2.05) is 22.6 Å². The zero-order chi connectivity index (χ0) is 27.0. The van der Waals surface area contributed by atoms with Crippen LogP contribution in [0, 0.1) is 15.2 Å². The SMILES string of the molecule is O=C(N[C@@H](c1ccc(F)cc1F)C(F)(F)F)c1ccc(I)cc1NS(=O)(=O)c1cccc2nccnc12. The summed E-state index contributed by atoms with van der Waals surface area (Å²) in [5.74, 6) is -3.96. The lowest BCUT2D eigenvalue weighted by molar-refractivity contribution is -0.155. The van der Waals surface area contributed by atoms with Crippen molar-refractivity contribution in [3.05, 3.63) is 93.3 Å². The third-order valence-electron chi connectivity index (χ3n) is 5.10. The summed E-state index contributed by atoms with van der Waals surface area (Å²) >= 11 is 1.83. The number of carbonyl (C=O) groups is 1. The monoisotopic (exact) mass is 648 g/mol. The predicted molar refractivity (Wildman–Crippen MR) is 132 cm³/mol. The largest absolute Gasteiger partial charge is 0.412 e. The number of nitrogens with zero attached hydrogens (tertiary/aromatic N) is 2. The van der Waals surface area contributed by atoms with Gasteiger partial charge in [0.1, 0.15) is 22.0 Å². The Morgan fingerprint density at radius 1 is 0.973 bits per heavy atom. The standard InChI is InChI=1S/C23H14F5IN4O3S/c24-12-4-6-14(16(25)10-12)21(23(26,27)28)32-22(34)15-7-5-13(29)11-18(15)33-37(35,36)19-3-1-2-17-20(19)31-9-8-30-17/h1-11,21,33H,(H,32,34)/t21-/m0/s1. The number of anilines is 1. The average Bonchev–Trinajstić information content (AvgIpc) is 2.81. The van der Waals surface area contributed by atoms with Gasteiger partial charge >= 0.3 is 6.18 Å². The molecule has 1 atom stereocenters. The van der Waals surface area contributed by atoms with Crippen LogP contribution in [0.25, 0.3) is 11.0 Å². The number of amides is 1. The highest BCUT2D eigenvalue weighted by atomic mass is 127. The van der Waals surface area contributed by atoms with E-state index in [9.17, 15) is 35.2 Å². The molecule has 0 fully saturated rings. The maximum atomic E-state index is 14.2. The summed E-state index contributed by atoms with van der Waals surface area (Å²) in [4.78, 5) is 20.7. The van der Waals surface area contributed by atoms with E-state index in [1.165, 1.54) is 42.7 Å². The molecule has 1 heterocycles. The van der Waals surface area contributed by atoms with Gasteiger partial charge in [-0.25, -0.2) is 17.2 Å². The molecule has 4 aromatic rings. The smallest absolute Gasteiger partial charge is 0.337 e. The van der Waals surface area contributed by atoms with E-state index < -0.39 is 50.9 Å². The number of alkyl halides is 3. The summed E-state index contributed by atoms with van der Waals surface area (Å²) in [7, 11) is -4.39. The number of carbonyl (C=O) groups excluding carboxylic acids is 1. The number of rotatable bonds is 6. The molecule has 1 amide bonds. The van der Waals surface area contributed by atoms with Crippen LogP contribution in [0.5, 0.6) is 0 Å². The van der Waals surface area contributed by atoms with Gasteiger partial charge in [-0.1, -0.05) is 12.1 Å². The zero-order valence-corrected chi connectivity index (χ0v) is 21.2. The quantitative estimate of drug-likeness (QED) is 0.217. The van der Waals surface area contributed by atoms with E-state index in [1.54, 1.807) is 5.32 Å². The van der Waals surface area contributed by atoms with Gasteiger partial charge in [0.15, 0.2) is 6.04 Å². The molecular formula is C23H14F5IN4O3S. The number of para-hydroxylation sites is 1. The maximum Gasteiger partial charge on any atom is 0.412 e. The van der Waals surface area contributed by atoms with Gasteiger partial charge in [-0.15, -0.1) is 0 Å². The van der Waals surface area contributed by atoms with Crippen LogP contribution in [-0.2, 0) is 10.0 Å².